The molecule has 0 N–H and O–H groups in total. The highest BCUT2D eigenvalue weighted by Gasteiger charge is 2.41. The van der Waals surface area contributed by atoms with Crippen LogP contribution < -0.4 is 9.64 Å². The Hall–Kier alpha value is -4.98. The molecule has 0 radical (unpaired) electrons. The maximum absolute atomic E-state index is 13.3. The minimum absolute atomic E-state index is 0.0919. The number of urea groups is 1. The van der Waals surface area contributed by atoms with Crippen molar-refractivity contribution in [3.63, 3.8) is 0 Å². The molecule has 4 amide bonds. The molecule has 1 saturated heterocycles. The number of nitrogens with zero attached hydrogens (tertiary/aromatic N) is 3. The molecule has 8 heteroatoms. The molecule has 0 bridgehead atoms. The monoisotopic (exact) mass is 523 g/mol. The van der Waals surface area contributed by atoms with Crippen molar-refractivity contribution in [3.05, 3.63) is 119 Å². The van der Waals surface area contributed by atoms with Crippen LogP contribution in [0.25, 0.3) is 11.8 Å². The van der Waals surface area contributed by atoms with Gasteiger partial charge in [0.15, 0.2) is 0 Å². The standard InChI is InChI=1S/C31H26FN3O4/c1-20-17-23(18-28-29(36)33(3)31(38)35(30(28)37)25-7-5-4-6-8-25)21(2)34(20)26-13-15-27(16-14-26)39-19-22-9-11-24(32)12-10-22/h4-18H,19H2,1-3H3/b28-18+. The normalized spacial score (nSPS) is 14.9. The van der Waals surface area contributed by atoms with Crippen molar-refractivity contribution in [1.29, 1.82) is 0 Å². The van der Waals surface area contributed by atoms with Crippen LogP contribution >= 0.6 is 0 Å². The molecule has 1 aromatic heterocycles. The number of barbiturate groups is 1. The van der Waals surface area contributed by atoms with Gasteiger partial charge in [0.1, 0.15) is 23.7 Å². The number of carbonyl (C=O) groups excluding carboxylic acids is 3. The fourth-order valence-corrected chi connectivity index (χ4v) is 4.57. The average Bonchev–Trinajstić information content (AvgIpc) is 3.23. The quantitative estimate of drug-likeness (QED) is 0.236. The number of aryl methyl sites for hydroxylation is 1. The van der Waals surface area contributed by atoms with Crippen molar-refractivity contribution in [2.75, 3.05) is 11.9 Å². The summed E-state index contributed by atoms with van der Waals surface area (Å²) in [5.41, 5.74) is 4.46. The summed E-state index contributed by atoms with van der Waals surface area (Å²) < 4.78 is 21.0. The number of likely N-dealkylation sites (N-methyl/N-ethyl adjacent to an activating group) is 1. The van der Waals surface area contributed by atoms with Gasteiger partial charge in [0.05, 0.1) is 5.69 Å². The predicted octanol–water partition coefficient (Wildman–Crippen LogP) is 5.82. The maximum Gasteiger partial charge on any atom is 0.338 e. The summed E-state index contributed by atoms with van der Waals surface area (Å²) >= 11 is 0. The Bertz CT molecular complexity index is 1590. The van der Waals surface area contributed by atoms with Gasteiger partial charge in [-0.3, -0.25) is 14.5 Å². The van der Waals surface area contributed by atoms with Gasteiger partial charge in [0.2, 0.25) is 0 Å². The van der Waals surface area contributed by atoms with Gasteiger partial charge in [-0.2, -0.15) is 0 Å². The topological polar surface area (TPSA) is 71.9 Å². The number of amides is 4. The lowest BCUT2D eigenvalue weighted by Gasteiger charge is -2.31. The number of rotatable bonds is 6. The summed E-state index contributed by atoms with van der Waals surface area (Å²) in [5.74, 6) is -0.937. The molecule has 0 aliphatic carbocycles. The number of halogens is 1. The fourth-order valence-electron chi connectivity index (χ4n) is 4.57. The number of ether oxygens (including phenoxy) is 1. The molecular weight excluding hydrogens is 497 g/mol. The highest BCUT2D eigenvalue weighted by molar-refractivity contribution is 6.39. The SMILES string of the molecule is Cc1cc(/C=C2\C(=O)N(C)C(=O)N(c3ccccc3)C2=O)c(C)n1-c1ccc(OCc2ccc(F)cc2)cc1. The second-order valence-electron chi connectivity index (χ2n) is 9.25. The highest BCUT2D eigenvalue weighted by atomic mass is 19.1. The van der Waals surface area contributed by atoms with Gasteiger partial charge in [0.25, 0.3) is 11.8 Å². The fraction of sp³-hybridized carbons (Fsp3) is 0.129. The number of anilines is 1. The van der Waals surface area contributed by atoms with Gasteiger partial charge >= 0.3 is 6.03 Å². The molecule has 5 rings (SSSR count). The van der Waals surface area contributed by atoms with Crippen molar-refractivity contribution in [3.8, 4) is 11.4 Å². The second kappa shape index (κ2) is 10.4. The predicted molar refractivity (Wildman–Crippen MR) is 146 cm³/mol. The molecule has 0 atom stereocenters. The smallest absolute Gasteiger partial charge is 0.338 e. The van der Waals surface area contributed by atoms with E-state index < -0.39 is 17.8 Å². The van der Waals surface area contributed by atoms with E-state index in [4.69, 9.17) is 4.74 Å². The number of carbonyl (C=O) groups is 3. The van der Waals surface area contributed by atoms with Crippen LogP contribution in [0, 0.1) is 19.7 Å². The number of aromatic nitrogens is 1. The molecule has 1 aliphatic heterocycles. The van der Waals surface area contributed by atoms with Gasteiger partial charge in [-0.1, -0.05) is 30.3 Å². The number of para-hydroxylation sites is 1. The Balaban J connectivity index is 1.41. The molecule has 3 aromatic carbocycles. The van der Waals surface area contributed by atoms with Crippen LogP contribution in [-0.4, -0.2) is 34.4 Å². The van der Waals surface area contributed by atoms with Crippen LogP contribution in [0.15, 0.2) is 90.5 Å². The molecule has 2 heterocycles. The number of benzene rings is 3. The van der Waals surface area contributed by atoms with E-state index >= 15 is 0 Å². The summed E-state index contributed by atoms with van der Waals surface area (Å²) in [6, 6.07) is 23.4. The Morgan fingerprint density at radius 3 is 2.15 bits per heavy atom. The first-order chi connectivity index (χ1) is 18.7. The first kappa shape index (κ1) is 25.7. The minimum Gasteiger partial charge on any atom is -0.489 e. The van der Waals surface area contributed by atoms with Crippen LogP contribution in [0.3, 0.4) is 0 Å². The zero-order chi connectivity index (χ0) is 27.7. The summed E-state index contributed by atoms with van der Waals surface area (Å²) in [4.78, 5) is 41.0. The zero-order valence-corrected chi connectivity index (χ0v) is 21.7. The zero-order valence-electron chi connectivity index (χ0n) is 21.7. The van der Waals surface area contributed by atoms with E-state index in [1.165, 1.54) is 19.2 Å². The van der Waals surface area contributed by atoms with E-state index in [-0.39, 0.29) is 11.4 Å². The van der Waals surface area contributed by atoms with Crippen LogP contribution in [0.4, 0.5) is 14.9 Å². The molecule has 0 unspecified atom stereocenters. The number of hydrogen-bond donors (Lipinski definition) is 0. The van der Waals surface area contributed by atoms with Gasteiger partial charge in [-0.15, -0.1) is 0 Å². The van der Waals surface area contributed by atoms with Gasteiger partial charge < -0.3 is 9.30 Å². The third-order valence-electron chi connectivity index (χ3n) is 6.64. The van der Waals surface area contributed by atoms with E-state index in [1.807, 2.05) is 48.7 Å². The van der Waals surface area contributed by atoms with E-state index in [0.29, 0.717) is 23.6 Å². The van der Waals surface area contributed by atoms with Crippen molar-refractivity contribution in [1.82, 2.24) is 9.47 Å². The second-order valence-corrected chi connectivity index (χ2v) is 9.25. The van der Waals surface area contributed by atoms with Crippen molar-refractivity contribution in [2.45, 2.75) is 20.5 Å². The lowest BCUT2D eigenvalue weighted by atomic mass is 10.1. The number of hydrogen-bond acceptors (Lipinski definition) is 4. The third kappa shape index (κ3) is 4.96. The number of imide groups is 2. The Labute approximate surface area is 225 Å². The molecule has 4 aromatic rings. The molecule has 7 nitrogen and oxygen atoms in total. The van der Waals surface area contributed by atoms with Crippen molar-refractivity contribution in [2.24, 2.45) is 0 Å². The summed E-state index contributed by atoms with van der Waals surface area (Å²) in [7, 11) is 1.36. The van der Waals surface area contributed by atoms with Gasteiger partial charge in [-0.05, 0) is 85.6 Å². The van der Waals surface area contributed by atoms with E-state index in [0.717, 1.165) is 32.4 Å². The summed E-state index contributed by atoms with van der Waals surface area (Å²) in [6.45, 7) is 4.16. The van der Waals surface area contributed by atoms with Crippen LogP contribution in [0.1, 0.15) is 22.5 Å². The van der Waals surface area contributed by atoms with E-state index in [9.17, 15) is 18.8 Å². The molecule has 0 spiro atoms. The molecule has 1 fully saturated rings. The molecule has 1 aliphatic rings. The lowest BCUT2D eigenvalue weighted by molar-refractivity contribution is -0.128. The van der Waals surface area contributed by atoms with Gasteiger partial charge in [0, 0.05) is 24.1 Å². The van der Waals surface area contributed by atoms with Crippen LogP contribution in [-0.2, 0) is 16.2 Å². The summed E-state index contributed by atoms with van der Waals surface area (Å²) in [6.07, 6.45) is 1.54. The minimum atomic E-state index is -0.694. The molecule has 196 valence electrons. The maximum atomic E-state index is 13.3. The molecule has 0 saturated carbocycles. The van der Waals surface area contributed by atoms with E-state index in [2.05, 4.69) is 0 Å². The lowest BCUT2D eigenvalue weighted by Crippen LogP contribution is -2.55. The Morgan fingerprint density at radius 2 is 1.49 bits per heavy atom. The van der Waals surface area contributed by atoms with Crippen LogP contribution in [0.2, 0.25) is 0 Å². The largest absolute Gasteiger partial charge is 0.489 e. The Kier molecular flexibility index (Phi) is 6.85. The highest BCUT2D eigenvalue weighted by Crippen LogP contribution is 2.28. The molecule has 39 heavy (non-hydrogen) atoms. The van der Waals surface area contributed by atoms with Crippen LogP contribution in [0.5, 0.6) is 5.75 Å². The first-order valence-corrected chi connectivity index (χ1v) is 12.3. The van der Waals surface area contributed by atoms with Crippen molar-refractivity contribution < 1.29 is 23.5 Å². The Morgan fingerprint density at radius 1 is 0.821 bits per heavy atom. The van der Waals surface area contributed by atoms with Crippen molar-refractivity contribution >= 4 is 29.6 Å². The van der Waals surface area contributed by atoms with E-state index in [1.54, 1.807) is 48.5 Å². The van der Waals surface area contributed by atoms with Gasteiger partial charge in [-0.25, -0.2) is 14.1 Å². The first-order valence-electron chi connectivity index (χ1n) is 12.3. The average molecular weight is 524 g/mol. The summed E-state index contributed by atoms with van der Waals surface area (Å²) in [5, 5.41) is 0. The molecular formula is C31H26FN3O4. The third-order valence-corrected chi connectivity index (χ3v) is 6.64.